The predicted molar refractivity (Wildman–Crippen MR) is 81.2 cm³/mol. The molecule has 0 bridgehead atoms. The fourth-order valence-electron chi connectivity index (χ4n) is 2.99. The van der Waals surface area contributed by atoms with Gasteiger partial charge in [-0.05, 0) is 17.7 Å². The molecule has 1 aromatic rings. The maximum atomic E-state index is 12.3. The molecule has 1 aliphatic heterocycles. The van der Waals surface area contributed by atoms with Gasteiger partial charge in [0.25, 0.3) is 0 Å². The number of aliphatic hydroxyl groups is 1. The Balaban J connectivity index is 2.04. The fourth-order valence-corrected chi connectivity index (χ4v) is 2.99. The van der Waals surface area contributed by atoms with Crippen molar-refractivity contribution in [2.45, 2.75) is 12.9 Å². The molecular weight excluding hydrogens is 325 g/mol. The van der Waals surface area contributed by atoms with Crippen LogP contribution in [0.1, 0.15) is 5.56 Å². The average Bonchev–Trinajstić information content (AvgIpc) is 2.87. The fraction of sp³-hybridized carbons (Fsp3) is 0.562. The number of benzene rings is 1. The third-order valence-electron chi connectivity index (χ3n) is 4.05. The van der Waals surface area contributed by atoms with Gasteiger partial charge in [0.15, 0.2) is 0 Å². The Labute approximate surface area is 138 Å². The monoisotopic (exact) mass is 346 g/mol. The first-order chi connectivity index (χ1) is 11.2. The van der Waals surface area contributed by atoms with Crippen molar-refractivity contribution >= 4 is 5.91 Å². The van der Waals surface area contributed by atoms with Crippen LogP contribution in [0.15, 0.2) is 24.3 Å². The van der Waals surface area contributed by atoms with Crippen molar-refractivity contribution in [1.82, 2.24) is 9.80 Å². The number of rotatable bonds is 5. The van der Waals surface area contributed by atoms with Crippen LogP contribution in [-0.2, 0) is 11.3 Å². The van der Waals surface area contributed by atoms with Gasteiger partial charge in [-0.3, -0.25) is 9.69 Å². The Bertz CT molecular complexity index is 578. The Kier molecular flexibility index (Phi) is 5.71. The lowest BCUT2D eigenvalue weighted by molar-refractivity contribution is -0.274. The van der Waals surface area contributed by atoms with E-state index in [-0.39, 0.29) is 30.1 Å². The van der Waals surface area contributed by atoms with Crippen molar-refractivity contribution in [2.24, 2.45) is 11.8 Å². The van der Waals surface area contributed by atoms with Gasteiger partial charge < -0.3 is 14.7 Å². The second-order valence-corrected chi connectivity index (χ2v) is 6.17. The lowest BCUT2D eigenvalue weighted by atomic mass is 9.96. The number of halogens is 3. The van der Waals surface area contributed by atoms with E-state index in [0.29, 0.717) is 25.2 Å². The summed E-state index contributed by atoms with van der Waals surface area (Å²) in [6.07, 6.45) is -4.72. The molecule has 5 nitrogen and oxygen atoms in total. The molecule has 0 unspecified atom stereocenters. The molecule has 0 spiro atoms. The molecule has 8 heteroatoms. The Morgan fingerprint density at radius 3 is 2.67 bits per heavy atom. The minimum atomic E-state index is -4.72. The van der Waals surface area contributed by atoms with Gasteiger partial charge in [-0.15, -0.1) is 13.2 Å². The van der Waals surface area contributed by atoms with E-state index in [2.05, 4.69) is 4.74 Å². The number of carbonyl (C=O) groups is 1. The molecule has 1 amide bonds. The minimum Gasteiger partial charge on any atom is -0.406 e. The molecule has 0 saturated carbocycles. The second kappa shape index (κ2) is 7.40. The zero-order chi connectivity index (χ0) is 17.9. The van der Waals surface area contributed by atoms with Crippen molar-refractivity contribution in [1.29, 1.82) is 0 Å². The molecule has 0 aliphatic carbocycles. The Morgan fingerprint density at radius 2 is 2.08 bits per heavy atom. The highest BCUT2D eigenvalue weighted by atomic mass is 19.4. The topological polar surface area (TPSA) is 53.0 Å². The van der Waals surface area contributed by atoms with Crippen LogP contribution in [0.5, 0.6) is 5.75 Å². The van der Waals surface area contributed by atoms with Crippen LogP contribution in [0.25, 0.3) is 0 Å². The van der Waals surface area contributed by atoms with E-state index >= 15 is 0 Å². The number of hydrogen-bond donors (Lipinski definition) is 1. The van der Waals surface area contributed by atoms with E-state index in [4.69, 9.17) is 0 Å². The lowest BCUT2D eigenvalue weighted by Gasteiger charge is -2.20. The summed E-state index contributed by atoms with van der Waals surface area (Å²) in [4.78, 5) is 15.6. The maximum Gasteiger partial charge on any atom is 0.573 e. The SMILES string of the molecule is CN(C)C(=O)[C@@H]1CN(Cc2cccc(OC(F)(F)F)c2)C[C@H]1CO. The zero-order valence-electron chi connectivity index (χ0n) is 13.6. The van der Waals surface area contributed by atoms with E-state index in [0.717, 1.165) is 0 Å². The number of alkyl halides is 3. The van der Waals surface area contributed by atoms with Gasteiger partial charge in [0.1, 0.15) is 5.75 Å². The van der Waals surface area contributed by atoms with E-state index in [1.807, 2.05) is 4.90 Å². The van der Waals surface area contributed by atoms with Gasteiger partial charge in [-0.25, -0.2) is 0 Å². The van der Waals surface area contributed by atoms with Gasteiger partial charge in [-0.1, -0.05) is 12.1 Å². The molecule has 1 N–H and O–H groups in total. The maximum absolute atomic E-state index is 12.3. The quantitative estimate of drug-likeness (QED) is 0.882. The number of hydrogen-bond acceptors (Lipinski definition) is 4. The number of nitrogens with zero attached hydrogens (tertiary/aromatic N) is 2. The zero-order valence-corrected chi connectivity index (χ0v) is 13.6. The average molecular weight is 346 g/mol. The lowest BCUT2D eigenvalue weighted by Crippen LogP contribution is -2.35. The normalized spacial score (nSPS) is 21.8. The van der Waals surface area contributed by atoms with Crippen molar-refractivity contribution in [3.63, 3.8) is 0 Å². The molecule has 1 aliphatic rings. The molecule has 134 valence electrons. The Hall–Kier alpha value is -1.80. The van der Waals surface area contributed by atoms with Crippen LogP contribution in [-0.4, -0.2) is 61.0 Å². The first-order valence-corrected chi connectivity index (χ1v) is 7.58. The standard InChI is InChI=1S/C16H21F3N2O3/c1-20(2)15(23)14-9-21(8-12(14)10-22)7-11-4-3-5-13(6-11)24-16(17,18)19/h3-6,12,14,22H,7-10H2,1-2H3/t12-,14+/m0/s1. The number of carbonyl (C=O) groups excluding carboxylic acids is 1. The summed E-state index contributed by atoms with van der Waals surface area (Å²) in [6.45, 7) is 1.28. The summed E-state index contributed by atoms with van der Waals surface area (Å²) in [5.41, 5.74) is 0.659. The van der Waals surface area contributed by atoms with Crippen molar-refractivity contribution in [3.8, 4) is 5.75 Å². The summed E-state index contributed by atoms with van der Waals surface area (Å²) in [6, 6.07) is 5.79. The molecule has 1 fully saturated rings. The summed E-state index contributed by atoms with van der Waals surface area (Å²) in [5, 5.41) is 9.48. The third-order valence-corrected chi connectivity index (χ3v) is 4.05. The number of amides is 1. The van der Waals surface area contributed by atoms with E-state index in [1.165, 1.54) is 23.1 Å². The highest BCUT2D eigenvalue weighted by Crippen LogP contribution is 2.28. The second-order valence-electron chi connectivity index (χ2n) is 6.17. The molecule has 0 aromatic heterocycles. The molecule has 1 saturated heterocycles. The van der Waals surface area contributed by atoms with Crippen LogP contribution in [0, 0.1) is 11.8 Å². The van der Waals surface area contributed by atoms with Crippen LogP contribution in [0.2, 0.25) is 0 Å². The highest BCUT2D eigenvalue weighted by molar-refractivity contribution is 5.79. The molecule has 1 aromatic carbocycles. The first-order valence-electron chi connectivity index (χ1n) is 7.58. The predicted octanol–water partition coefficient (Wildman–Crippen LogP) is 1.71. The first kappa shape index (κ1) is 18.5. The molecule has 2 atom stereocenters. The van der Waals surface area contributed by atoms with Crippen molar-refractivity contribution in [2.75, 3.05) is 33.8 Å². The highest BCUT2D eigenvalue weighted by Gasteiger charge is 2.37. The van der Waals surface area contributed by atoms with Gasteiger partial charge >= 0.3 is 6.36 Å². The van der Waals surface area contributed by atoms with Gasteiger partial charge in [0.05, 0.1) is 5.92 Å². The number of aliphatic hydroxyl groups excluding tert-OH is 1. The third kappa shape index (κ3) is 4.85. The van der Waals surface area contributed by atoms with Gasteiger partial charge in [0.2, 0.25) is 5.91 Å². The molecule has 0 radical (unpaired) electrons. The van der Waals surface area contributed by atoms with Gasteiger partial charge in [-0.2, -0.15) is 0 Å². The molecular formula is C16H21F3N2O3. The number of ether oxygens (including phenoxy) is 1. The van der Waals surface area contributed by atoms with Crippen molar-refractivity contribution in [3.05, 3.63) is 29.8 Å². The smallest absolute Gasteiger partial charge is 0.406 e. The van der Waals surface area contributed by atoms with Gasteiger partial charge in [0, 0.05) is 46.3 Å². The molecule has 2 rings (SSSR count). The minimum absolute atomic E-state index is 0.0503. The summed E-state index contributed by atoms with van der Waals surface area (Å²) < 4.78 is 40.8. The van der Waals surface area contributed by atoms with Crippen LogP contribution >= 0.6 is 0 Å². The van der Waals surface area contributed by atoms with E-state index in [9.17, 15) is 23.1 Å². The van der Waals surface area contributed by atoms with Crippen LogP contribution in [0.3, 0.4) is 0 Å². The van der Waals surface area contributed by atoms with Crippen LogP contribution in [0.4, 0.5) is 13.2 Å². The molecule has 1 heterocycles. The largest absolute Gasteiger partial charge is 0.573 e. The van der Waals surface area contributed by atoms with E-state index < -0.39 is 6.36 Å². The Morgan fingerprint density at radius 1 is 1.38 bits per heavy atom. The molecule has 24 heavy (non-hydrogen) atoms. The summed E-state index contributed by atoms with van der Waals surface area (Å²) in [7, 11) is 3.33. The van der Waals surface area contributed by atoms with E-state index in [1.54, 1.807) is 20.2 Å². The summed E-state index contributed by atoms with van der Waals surface area (Å²) in [5.74, 6) is -0.793. The number of likely N-dealkylation sites (tertiary alicyclic amines) is 1. The van der Waals surface area contributed by atoms with Crippen molar-refractivity contribution < 1.29 is 27.8 Å². The summed E-state index contributed by atoms with van der Waals surface area (Å²) >= 11 is 0. The van der Waals surface area contributed by atoms with Crippen LogP contribution < -0.4 is 4.74 Å².